The van der Waals surface area contributed by atoms with Gasteiger partial charge in [0.05, 0.1) is 40.3 Å². The van der Waals surface area contributed by atoms with E-state index in [-0.39, 0.29) is 22.9 Å². The number of ether oxygens (including phenoxy) is 2. The molecule has 1 saturated heterocycles. The molecule has 0 spiro atoms. The lowest BCUT2D eigenvalue weighted by atomic mass is 9.96. The van der Waals surface area contributed by atoms with Crippen LogP contribution in [0.1, 0.15) is 60.7 Å². The molecule has 0 unspecified atom stereocenters. The minimum atomic E-state index is -3.05. The number of ketones is 1. The maximum absolute atomic E-state index is 13.8. The average molecular weight is 829 g/mol. The van der Waals surface area contributed by atoms with Gasteiger partial charge in [0.2, 0.25) is 5.88 Å². The minimum absolute atomic E-state index is 0.0238. The van der Waals surface area contributed by atoms with Crippen LogP contribution in [0.2, 0.25) is 28.2 Å². The lowest BCUT2D eigenvalue weighted by Gasteiger charge is -2.44. The number of carbonyl (C=O) groups excluding carboxylic acids is 1. The molecule has 10 nitrogen and oxygen atoms in total. The first-order valence-corrected chi connectivity index (χ1v) is 22.3. The smallest absolute Gasteiger partial charge is 0.387 e. The zero-order valence-electron chi connectivity index (χ0n) is 32.9. The van der Waals surface area contributed by atoms with Gasteiger partial charge in [0, 0.05) is 80.6 Å². The Morgan fingerprint density at radius 3 is 2.38 bits per heavy atom. The van der Waals surface area contributed by atoms with E-state index in [1.165, 1.54) is 13.2 Å². The van der Waals surface area contributed by atoms with E-state index in [0.29, 0.717) is 113 Å². The van der Waals surface area contributed by atoms with E-state index in [9.17, 15) is 18.7 Å². The lowest BCUT2D eigenvalue weighted by Crippen LogP contribution is -2.59. The number of hydrogen-bond donors (Lipinski definition) is 1. The van der Waals surface area contributed by atoms with E-state index in [0.717, 1.165) is 0 Å². The molecule has 1 fully saturated rings. The predicted octanol–water partition coefficient (Wildman–Crippen LogP) is 8.49. The Labute approximate surface area is 338 Å². The van der Waals surface area contributed by atoms with Crippen LogP contribution in [-0.2, 0) is 30.4 Å². The Balaban J connectivity index is 1.21. The van der Waals surface area contributed by atoms with Gasteiger partial charge in [-0.1, -0.05) is 80.4 Å². The predicted molar refractivity (Wildman–Crippen MR) is 216 cm³/mol. The average Bonchev–Trinajstić information content (AvgIpc) is 3.11. The van der Waals surface area contributed by atoms with E-state index < -0.39 is 26.3 Å². The summed E-state index contributed by atoms with van der Waals surface area (Å²) >= 11 is 14.0. The number of carbonyl (C=O) groups is 1. The number of rotatable bonds is 14. The van der Waals surface area contributed by atoms with Crippen LogP contribution in [0.25, 0.3) is 22.4 Å². The Morgan fingerprint density at radius 1 is 1.04 bits per heavy atom. The summed E-state index contributed by atoms with van der Waals surface area (Å²) in [6, 6.07) is 12.1. The van der Waals surface area contributed by atoms with Crippen LogP contribution in [0, 0.1) is 0 Å². The Bertz CT molecular complexity index is 2090. The molecule has 4 heterocycles. The first-order valence-electron chi connectivity index (χ1n) is 18.6. The zero-order valence-corrected chi connectivity index (χ0v) is 35.4. The van der Waals surface area contributed by atoms with Crippen LogP contribution in [0.4, 0.5) is 8.78 Å². The van der Waals surface area contributed by atoms with E-state index in [1.807, 2.05) is 24.3 Å². The fraction of sp³-hybridized carbons (Fsp3) is 0.463. The van der Waals surface area contributed by atoms with Gasteiger partial charge in [-0.25, -0.2) is 9.97 Å². The molecule has 0 aliphatic carbocycles. The number of pyridine rings is 1. The van der Waals surface area contributed by atoms with E-state index in [4.69, 9.17) is 47.1 Å². The number of Topliss-reactive ketones (excluding diaryl/α,β-unsaturated/α-hetero) is 1. The Kier molecular flexibility index (Phi) is 12.6. The van der Waals surface area contributed by atoms with Crippen molar-refractivity contribution in [2.24, 2.45) is 0 Å². The number of aliphatic hydroxyl groups is 1. The van der Waals surface area contributed by atoms with Gasteiger partial charge < -0.3 is 19.0 Å². The van der Waals surface area contributed by atoms with Crippen LogP contribution in [0.5, 0.6) is 11.6 Å². The molecule has 0 saturated carbocycles. The number of halogens is 4. The third kappa shape index (κ3) is 9.41. The van der Waals surface area contributed by atoms with Crippen LogP contribution in [-0.4, -0.2) is 96.1 Å². The molecule has 2 aliphatic heterocycles. The maximum Gasteiger partial charge on any atom is 0.387 e. The van der Waals surface area contributed by atoms with Crippen LogP contribution < -0.4 is 9.47 Å². The van der Waals surface area contributed by atoms with E-state index in [2.05, 4.69) is 48.6 Å². The van der Waals surface area contributed by atoms with Crippen molar-refractivity contribution < 1.29 is 32.6 Å². The van der Waals surface area contributed by atoms with Gasteiger partial charge in [-0.05, 0) is 37.0 Å². The first-order chi connectivity index (χ1) is 26.4. The van der Waals surface area contributed by atoms with Crippen molar-refractivity contribution in [1.82, 2.24) is 24.8 Å². The second-order valence-electron chi connectivity index (χ2n) is 16.3. The minimum Gasteiger partial charge on any atom is -0.480 e. The highest BCUT2D eigenvalue weighted by atomic mass is 35.5. The molecular weight excluding hydrogens is 779 g/mol. The van der Waals surface area contributed by atoms with Gasteiger partial charge >= 0.3 is 6.61 Å². The maximum atomic E-state index is 13.8. The van der Waals surface area contributed by atoms with Crippen molar-refractivity contribution in [2.45, 2.75) is 84.0 Å². The number of hydrogen-bond acceptors (Lipinski definition) is 10. The number of methoxy groups -OCH3 is 1. The first kappa shape index (κ1) is 42.1. The molecule has 2 aromatic carbocycles. The van der Waals surface area contributed by atoms with Gasteiger partial charge in [0.25, 0.3) is 0 Å². The van der Waals surface area contributed by atoms with Gasteiger partial charge in [0.1, 0.15) is 17.1 Å². The van der Waals surface area contributed by atoms with Crippen LogP contribution >= 0.6 is 23.2 Å². The summed E-state index contributed by atoms with van der Waals surface area (Å²) in [6.45, 7) is 13.5. The van der Waals surface area contributed by atoms with Crippen molar-refractivity contribution >= 4 is 37.3 Å². The number of fused-ring (bicyclic) bond motifs is 1. The molecule has 300 valence electrons. The zero-order chi connectivity index (χ0) is 40.6. The number of alkyl halides is 2. The molecule has 4 aromatic rings. The van der Waals surface area contributed by atoms with E-state index >= 15 is 0 Å². The van der Waals surface area contributed by atoms with Crippen molar-refractivity contribution in [1.29, 1.82) is 0 Å². The molecule has 6 rings (SSSR count). The van der Waals surface area contributed by atoms with Gasteiger partial charge in [-0.2, -0.15) is 8.78 Å². The number of β-amino-alcohol motifs (C(OH)–C–C–N with tert-alkyl or cyclic N) is 1. The third-order valence-electron chi connectivity index (χ3n) is 10.9. The quantitative estimate of drug-likeness (QED) is 0.0982. The fourth-order valence-corrected chi connectivity index (χ4v) is 8.56. The van der Waals surface area contributed by atoms with Gasteiger partial charge in [-0.3, -0.25) is 19.6 Å². The third-order valence-corrected chi connectivity index (χ3v) is 16.3. The van der Waals surface area contributed by atoms with Crippen LogP contribution in [0.15, 0.2) is 48.7 Å². The molecule has 15 heteroatoms. The molecule has 0 radical (unpaired) electrons. The lowest BCUT2D eigenvalue weighted by molar-refractivity contribution is -0.0878. The summed E-state index contributed by atoms with van der Waals surface area (Å²) in [4.78, 5) is 32.1. The van der Waals surface area contributed by atoms with Gasteiger partial charge in [-0.15, -0.1) is 0 Å². The molecule has 56 heavy (non-hydrogen) atoms. The van der Waals surface area contributed by atoms with E-state index in [1.54, 1.807) is 25.3 Å². The van der Waals surface area contributed by atoms with Crippen LogP contribution in [0.3, 0.4) is 0 Å². The summed E-state index contributed by atoms with van der Waals surface area (Å²) in [5.74, 6) is -0.0701. The number of nitrogens with zero attached hydrogens (tertiary/aromatic N) is 5. The summed E-state index contributed by atoms with van der Waals surface area (Å²) in [7, 11) is -0.411. The number of benzene rings is 2. The highest BCUT2D eigenvalue weighted by molar-refractivity contribution is 6.74. The number of likely N-dealkylation sites (tertiary alicyclic amines) is 1. The standard InChI is InChI=1S/C41H49Cl2F2N5O5Si/c1-40(2,3)56(6,7)54-17-16-49-15-14-28-32(21-49)47-30(19-35(28)55-39(44)45)34(51)18-25-10-8-11-26(36(25)42)27-12-9-13-29(37(27)43)31-20-46-33(38(48-31)53-5)22-50-23-41(4,52)24-50/h8-13,19-20,39,52H,14-18,21-24H2,1-7H3. The second kappa shape index (κ2) is 16.7. The fourth-order valence-electron chi connectivity index (χ4n) is 6.90. The normalized spacial score (nSPS) is 16.1. The number of aromatic nitrogens is 3. The molecule has 0 bridgehead atoms. The topological polar surface area (TPSA) is 110 Å². The summed E-state index contributed by atoms with van der Waals surface area (Å²) in [5, 5.41) is 10.9. The molecular formula is C41H49Cl2F2N5O5Si. The van der Waals surface area contributed by atoms with Gasteiger partial charge in [0.15, 0.2) is 14.1 Å². The SMILES string of the molecule is COc1nc(-c2cccc(-c3cccc(CC(=O)c4cc(OC(F)F)c5c(n4)CN(CCO[Si](C)(C)C(C)(C)C)CC5)c3Cl)c2Cl)cnc1CN1CC(C)(O)C1. The second-order valence-corrected chi connectivity index (χ2v) is 21.9. The van der Waals surface area contributed by atoms with Crippen molar-refractivity contribution in [3.05, 3.63) is 86.9 Å². The van der Waals surface area contributed by atoms with Crippen molar-refractivity contribution in [3.8, 4) is 34.0 Å². The summed E-state index contributed by atoms with van der Waals surface area (Å²) < 4.78 is 44.1. The monoisotopic (exact) mass is 827 g/mol. The summed E-state index contributed by atoms with van der Waals surface area (Å²) in [5.41, 5.74) is 3.92. The van der Waals surface area contributed by atoms with Crippen molar-refractivity contribution in [2.75, 3.05) is 39.9 Å². The molecule has 0 atom stereocenters. The highest BCUT2D eigenvalue weighted by Crippen LogP contribution is 2.41. The molecule has 2 aliphatic rings. The molecule has 0 amide bonds. The Morgan fingerprint density at radius 2 is 1.71 bits per heavy atom. The Hall–Kier alpha value is -3.56. The summed E-state index contributed by atoms with van der Waals surface area (Å²) in [6.07, 6.45) is 1.96. The van der Waals surface area contributed by atoms with Crippen molar-refractivity contribution in [3.63, 3.8) is 0 Å². The highest BCUT2D eigenvalue weighted by Gasteiger charge is 2.38. The largest absolute Gasteiger partial charge is 0.480 e. The molecule has 1 N–H and O–H groups in total. The molecule has 2 aromatic heterocycles.